The summed E-state index contributed by atoms with van der Waals surface area (Å²) in [5.74, 6) is 0.490. The molecule has 3 heterocycles. The quantitative estimate of drug-likeness (QED) is 0.881. The fraction of sp³-hybridized carbons (Fsp3) is 0.438. The van der Waals surface area contributed by atoms with E-state index < -0.39 is 0 Å². The lowest BCUT2D eigenvalue weighted by Crippen LogP contribution is -2.22. The molecule has 2 aromatic heterocycles. The minimum Gasteiger partial charge on any atom is -0.354 e. The van der Waals surface area contributed by atoms with E-state index in [1.54, 1.807) is 13.2 Å². The first-order chi connectivity index (χ1) is 11.7. The summed E-state index contributed by atoms with van der Waals surface area (Å²) in [4.78, 5) is 36.2. The van der Waals surface area contributed by atoms with Crippen LogP contribution >= 0.6 is 11.3 Å². The summed E-state index contributed by atoms with van der Waals surface area (Å²) in [6, 6.07) is 0. The van der Waals surface area contributed by atoms with E-state index in [-0.39, 0.29) is 11.8 Å². The molecule has 7 nitrogen and oxygen atoms in total. The number of amides is 2. The van der Waals surface area contributed by atoms with Gasteiger partial charge in [0.15, 0.2) is 0 Å². The van der Waals surface area contributed by atoms with Gasteiger partial charge in [0.05, 0.1) is 11.2 Å². The summed E-state index contributed by atoms with van der Waals surface area (Å²) >= 11 is 1.39. The Hall–Kier alpha value is -2.35. The van der Waals surface area contributed by atoms with Crippen molar-refractivity contribution in [3.8, 4) is 0 Å². The molecule has 0 unspecified atom stereocenters. The number of nitrogens with zero attached hydrogens (tertiary/aromatic N) is 3. The van der Waals surface area contributed by atoms with Crippen molar-refractivity contribution in [1.29, 1.82) is 0 Å². The Morgan fingerprint density at radius 3 is 2.79 bits per heavy atom. The van der Waals surface area contributed by atoms with E-state index in [2.05, 4.69) is 25.6 Å². The first-order valence-electron chi connectivity index (χ1n) is 7.96. The van der Waals surface area contributed by atoms with Gasteiger partial charge in [-0.15, -0.1) is 11.3 Å². The summed E-state index contributed by atoms with van der Waals surface area (Å²) in [5.41, 5.74) is 1.94. The summed E-state index contributed by atoms with van der Waals surface area (Å²) < 4.78 is 0. The largest absolute Gasteiger partial charge is 0.354 e. The highest BCUT2D eigenvalue weighted by atomic mass is 32.1. The Bertz CT molecular complexity index is 729. The predicted octanol–water partition coefficient (Wildman–Crippen LogP) is 1.99. The van der Waals surface area contributed by atoms with Crippen molar-refractivity contribution in [3.05, 3.63) is 33.7 Å². The number of anilines is 1. The second kappa shape index (κ2) is 8.49. The van der Waals surface area contributed by atoms with Gasteiger partial charge in [-0.05, 0) is 12.8 Å². The number of carbonyl (C=O) groups excluding carboxylic acids is 2. The number of thiazole rings is 1. The molecule has 1 aliphatic heterocycles. The van der Waals surface area contributed by atoms with Gasteiger partial charge in [0.1, 0.15) is 17.0 Å². The predicted molar refractivity (Wildman–Crippen MR) is 93.2 cm³/mol. The maximum absolute atomic E-state index is 11.5. The Morgan fingerprint density at radius 2 is 2.04 bits per heavy atom. The molecule has 1 aliphatic rings. The van der Waals surface area contributed by atoms with Gasteiger partial charge in [-0.1, -0.05) is 13.8 Å². The molecule has 0 saturated carbocycles. The fourth-order valence-electron chi connectivity index (χ4n) is 2.35. The van der Waals surface area contributed by atoms with Gasteiger partial charge in [-0.2, -0.15) is 0 Å². The number of fused-ring (bicyclic) bond motifs is 1. The van der Waals surface area contributed by atoms with Crippen LogP contribution in [-0.4, -0.2) is 33.8 Å². The molecule has 2 amide bonds. The number of rotatable bonds is 4. The third-order valence-corrected chi connectivity index (χ3v) is 4.53. The second-order valence-corrected chi connectivity index (χ2v) is 6.01. The lowest BCUT2D eigenvalue weighted by atomic mass is 10.0. The van der Waals surface area contributed by atoms with Gasteiger partial charge in [0.25, 0.3) is 5.91 Å². The van der Waals surface area contributed by atoms with Crippen LogP contribution in [-0.2, 0) is 24.1 Å². The highest BCUT2D eigenvalue weighted by Crippen LogP contribution is 2.23. The smallest absolute Gasteiger partial charge is 0.262 e. The lowest BCUT2D eigenvalue weighted by Gasteiger charge is -2.17. The summed E-state index contributed by atoms with van der Waals surface area (Å²) in [6.45, 7) is 4.00. The SMILES string of the molecule is CC.CNC(=O)c1cnc(CCc2ncnc3c2CCC(=O)N3)s1. The van der Waals surface area contributed by atoms with Crippen molar-refractivity contribution in [1.82, 2.24) is 20.3 Å². The topological polar surface area (TPSA) is 96.9 Å². The normalized spacial score (nSPS) is 12.5. The molecule has 0 aliphatic carbocycles. The average Bonchev–Trinajstić information content (AvgIpc) is 3.09. The van der Waals surface area contributed by atoms with Gasteiger partial charge in [-0.25, -0.2) is 15.0 Å². The van der Waals surface area contributed by atoms with Gasteiger partial charge in [0, 0.05) is 31.1 Å². The average molecular weight is 347 g/mol. The molecule has 128 valence electrons. The number of nitrogens with one attached hydrogen (secondary N) is 2. The molecule has 0 bridgehead atoms. The van der Waals surface area contributed by atoms with E-state index in [1.165, 1.54) is 17.7 Å². The molecule has 0 atom stereocenters. The van der Waals surface area contributed by atoms with Crippen LogP contribution in [0.5, 0.6) is 0 Å². The van der Waals surface area contributed by atoms with Crippen LogP contribution in [0.1, 0.15) is 46.2 Å². The molecular formula is C16H21N5O2S. The first kappa shape index (κ1) is 18.0. The summed E-state index contributed by atoms with van der Waals surface area (Å²) in [6.07, 6.45) is 5.61. The van der Waals surface area contributed by atoms with Gasteiger partial charge >= 0.3 is 0 Å². The number of carbonyl (C=O) groups is 2. The molecular weight excluding hydrogens is 326 g/mol. The van der Waals surface area contributed by atoms with E-state index >= 15 is 0 Å². The van der Waals surface area contributed by atoms with Gasteiger partial charge in [0.2, 0.25) is 5.91 Å². The number of hydrogen-bond donors (Lipinski definition) is 2. The maximum Gasteiger partial charge on any atom is 0.262 e. The first-order valence-corrected chi connectivity index (χ1v) is 8.78. The zero-order chi connectivity index (χ0) is 17.5. The molecule has 0 aromatic carbocycles. The number of aromatic nitrogens is 3. The highest BCUT2D eigenvalue weighted by Gasteiger charge is 2.19. The Labute approximate surface area is 144 Å². The van der Waals surface area contributed by atoms with Crippen molar-refractivity contribution in [2.24, 2.45) is 0 Å². The minimum absolute atomic E-state index is 0.00714. The molecule has 0 spiro atoms. The molecule has 3 rings (SSSR count). The van der Waals surface area contributed by atoms with Crippen molar-refractivity contribution in [2.45, 2.75) is 39.5 Å². The third kappa shape index (κ3) is 4.14. The molecule has 0 radical (unpaired) electrons. The van der Waals surface area contributed by atoms with Crippen LogP contribution in [0.15, 0.2) is 12.5 Å². The van der Waals surface area contributed by atoms with E-state index in [1.807, 2.05) is 13.8 Å². The van der Waals surface area contributed by atoms with Crippen LogP contribution in [0, 0.1) is 0 Å². The lowest BCUT2D eigenvalue weighted by molar-refractivity contribution is -0.116. The monoisotopic (exact) mass is 347 g/mol. The molecule has 2 aromatic rings. The molecule has 2 N–H and O–H groups in total. The zero-order valence-corrected chi connectivity index (χ0v) is 14.9. The van der Waals surface area contributed by atoms with E-state index in [4.69, 9.17) is 0 Å². The fourth-order valence-corrected chi connectivity index (χ4v) is 3.21. The standard InChI is InChI=1S/C14H15N5O2S.C2H6/c1-15-14(21)10-6-16-12(22-10)5-3-9-8-2-4-11(20)19-13(8)18-7-17-9;1-2/h6-7H,2-5H2,1H3,(H,15,21)(H,17,18,19,20);1-2H3. The minimum atomic E-state index is -0.120. The molecule has 8 heteroatoms. The number of hydrogen-bond acceptors (Lipinski definition) is 6. The molecule has 0 saturated heterocycles. The second-order valence-electron chi connectivity index (χ2n) is 4.89. The van der Waals surface area contributed by atoms with E-state index in [9.17, 15) is 9.59 Å². The van der Waals surface area contributed by atoms with Crippen molar-refractivity contribution >= 4 is 29.0 Å². The Morgan fingerprint density at radius 1 is 1.25 bits per heavy atom. The Kier molecular flexibility index (Phi) is 6.36. The van der Waals surface area contributed by atoms with Crippen molar-refractivity contribution in [3.63, 3.8) is 0 Å². The van der Waals surface area contributed by atoms with Gasteiger partial charge < -0.3 is 10.6 Å². The third-order valence-electron chi connectivity index (χ3n) is 3.47. The van der Waals surface area contributed by atoms with Crippen LogP contribution in [0.2, 0.25) is 0 Å². The maximum atomic E-state index is 11.5. The highest BCUT2D eigenvalue weighted by molar-refractivity contribution is 7.13. The molecule has 0 fully saturated rings. The van der Waals surface area contributed by atoms with Crippen LogP contribution in [0.25, 0.3) is 0 Å². The van der Waals surface area contributed by atoms with Crippen molar-refractivity contribution in [2.75, 3.05) is 12.4 Å². The Balaban J connectivity index is 0.00000100. The summed E-state index contributed by atoms with van der Waals surface area (Å²) in [7, 11) is 1.60. The van der Waals surface area contributed by atoms with Crippen molar-refractivity contribution < 1.29 is 9.59 Å². The van der Waals surface area contributed by atoms with Crippen LogP contribution < -0.4 is 10.6 Å². The van der Waals surface area contributed by atoms with E-state index in [0.717, 1.165) is 16.3 Å². The summed E-state index contributed by atoms with van der Waals surface area (Å²) in [5, 5.41) is 6.25. The van der Waals surface area contributed by atoms with Crippen LogP contribution in [0.3, 0.4) is 0 Å². The van der Waals surface area contributed by atoms with Gasteiger partial charge in [-0.3, -0.25) is 9.59 Å². The van der Waals surface area contributed by atoms with Crippen LogP contribution in [0.4, 0.5) is 5.82 Å². The van der Waals surface area contributed by atoms with E-state index in [0.29, 0.717) is 36.4 Å². The number of aryl methyl sites for hydroxylation is 2. The molecule has 24 heavy (non-hydrogen) atoms. The zero-order valence-electron chi connectivity index (χ0n) is 14.0.